The smallest absolute Gasteiger partial charge is 0.317 e. The van der Waals surface area contributed by atoms with Gasteiger partial charge in [0.2, 0.25) is 0 Å². The lowest BCUT2D eigenvalue weighted by molar-refractivity contribution is -0.140. The number of morpholine rings is 1. The van der Waals surface area contributed by atoms with Crippen molar-refractivity contribution in [1.29, 1.82) is 0 Å². The van der Waals surface area contributed by atoms with Gasteiger partial charge in [0.05, 0.1) is 44.7 Å². The number of carbonyl (C=O) groups excluding carboxylic acids is 1. The van der Waals surface area contributed by atoms with Crippen molar-refractivity contribution < 1.29 is 24.5 Å². The van der Waals surface area contributed by atoms with E-state index in [0.717, 1.165) is 24.2 Å². The number of nitrogens with two attached hydrogens (primary N) is 1. The normalized spacial score (nSPS) is 20.9. The number of aliphatic hydroxyl groups is 1. The van der Waals surface area contributed by atoms with Gasteiger partial charge in [-0.15, -0.1) is 0 Å². The van der Waals surface area contributed by atoms with Crippen molar-refractivity contribution >= 4 is 18.0 Å². The number of benzene rings is 2. The minimum absolute atomic E-state index is 0.152. The van der Waals surface area contributed by atoms with E-state index in [1.54, 1.807) is 35.4 Å². The van der Waals surface area contributed by atoms with E-state index in [2.05, 4.69) is 5.10 Å². The maximum Gasteiger partial charge on any atom is 0.317 e. The first-order valence-corrected chi connectivity index (χ1v) is 11.4. The van der Waals surface area contributed by atoms with Crippen molar-refractivity contribution in [3.05, 3.63) is 70.3 Å². The lowest BCUT2D eigenvalue weighted by Crippen LogP contribution is -2.58. The summed E-state index contributed by atoms with van der Waals surface area (Å²) in [7, 11) is 0. The highest BCUT2D eigenvalue weighted by Crippen LogP contribution is 2.35. The van der Waals surface area contributed by atoms with Gasteiger partial charge in [-0.3, -0.25) is 19.5 Å². The van der Waals surface area contributed by atoms with Crippen LogP contribution in [0, 0.1) is 0 Å². The van der Waals surface area contributed by atoms with Crippen LogP contribution >= 0.6 is 0 Å². The van der Waals surface area contributed by atoms with Gasteiger partial charge in [0, 0.05) is 30.7 Å². The molecule has 0 spiro atoms. The number of aliphatic carboxylic acids is 1. The summed E-state index contributed by atoms with van der Waals surface area (Å²) < 4.78 is 5.32. The van der Waals surface area contributed by atoms with Gasteiger partial charge >= 0.3 is 5.97 Å². The molecular weight excluding hydrogens is 436 g/mol. The number of aliphatic hydroxyl groups excluding tert-OH is 1. The van der Waals surface area contributed by atoms with Crippen LogP contribution in [0.5, 0.6) is 0 Å². The highest BCUT2D eigenvalue weighted by atomic mass is 16.5. The first-order chi connectivity index (χ1) is 16.4. The lowest BCUT2D eigenvalue weighted by Gasteiger charge is -2.45. The molecule has 9 nitrogen and oxygen atoms in total. The van der Waals surface area contributed by atoms with Crippen molar-refractivity contribution in [2.75, 3.05) is 46.0 Å². The average Bonchev–Trinajstić information content (AvgIpc) is 2.85. The zero-order valence-corrected chi connectivity index (χ0v) is 19.0. The second-order valence-corrected chi connectivity index (χ2v) is 8.60. The molecule has 0 radical (unpaired) electrons. The standard InChI is InChI=1S/C25H30N4O5/c26-25(8-12-30)22-15-21(6-5-19(22)7-9-28(25)17-23(31)32)24(33)20-3-1-18(2-4-20)16-27-29-10-13-34-14-11-29/h1-6,15-16,30H,7-14,17,26H2,(H,31,32). The van der Waals surface area contributed by atoms with E-state index in [9.17, 15) is 19.8 Å². The molecule has 2 heterocycles. The van der Waals surface area contributed by atoms with E-state index in [-0.39, 0.29) is 25.4 Å². The van der Waals surface area contributed by atoms with Crippen molar-refractivity contribution in [3.63, 3.8) is 0 Å². The molecule has 2 aliphatic heterocycles. The van der Waals surface area contributed by atoms with Crippen LogP contribution in [-0.4, -0.2) is 84.1 Å². The largest absolute Gasteiger partial charge is 0.480 e. The molecule has 2 aliphatic rings. The van der Waals surface area contributed by atoms with E-state index in [0.29, 0.717) is 42.9 Å². The molecule has 2 aromatic rings. The first-order valence-electron chi connectivity index (χ1n) is 11.4. The second-order valence-electron chi connectivity index (χ2n) is 8.60. The molecule has 4 rings (SSSR count). The molecule has 0 bridgehead atoms. The quantitative estimate of drug-likeness (QED) is 0.389. The molecule has 4 N–H and O–H groups in total. The monoisotopic (exact) mass is 466 g/mol. The van der Waals surface area contributed by atoms with Crippen molar-refractivity contribution in [2.24, 2.45) is 10.8 Å². The van der Waals surface area contributed by atoms with Gasteiger partial charge in [0.1, 0.15) is 0 Å². The number of ketones is 1. The molecule has 180 valence electrons. The van der Waals surface area contributed by atoms with E-state index in [1.165, 1.54) is 0 Å². The number of carboxylic acids is 1. The second kappa shape index (κ2) is 10.4. The van der Waals surface area contributed by atoms with Crippen molar-refractivity contribution in [1.82, 2.24) is 9.91 Å². The Hall–Kier alpha value is -3.11. The molecule has 0 aliphatic carbocycles. The van der Waals surface area contributed by atoms with Crippen LogP contribution in [-0.2, 0) is 21.6 Å². The third-order valence-electron chi connectivity index (χ3n) is 6.40. The van der Waals surface area contributed by atoms with Gasteiger partial charge in [-0.1, -0.05) is 36.4 Å². The topological polar surface area (TPSA) is 129 Å². The first kappa shape index (κ1) is 24.0. The third kappa shape index (κ3) is 5.18. The number of rotatable bonds is 8. The average molecular weight is 467 g/mol. The Morgan fingerprint density at radius 2 is 1.79 bits per heavy atom. The summed E-state index contributed by atoms with van der Waals surface area (Å²) >= 11 is 0. The fourth-order valence-electron chi connectivity index (χ4n) is 4.52. The van der Waals surface area contributed by atoms with Crippen LogP contribution < -0.4 is 5.73 Å². The number of fused-ring (bicyclic) bond motifs is 1. The number of carbonyl (C=O) groups is 2. The summed E-state index contributed by atoms with van der Waals surface area (Å²) in [6, 6.07) is 12.6. The number of nitrogens with zero attached hydrogens (tertiary/aromatic N) is 3. The molecule has 1 saturated heterocycles. The Kier molecular flexibility index (Phi) is 7.38. The molecule has 34 heavy (non-hydrogen) atoms. The zero-order valence-electron chi connectivity index (χ0n) is 19.0. The van der Waals surface area contributed by atoms with E-state index in [1.807, 2.05) is 23.2 Å². The highest BCUT2D eigenvalue weighted by molar-refractivity contribution is 6.09. The summed E-state index contributed by atoms with van der Waals surface area (Å²) in [5, 5.41) is 25.3. The summed E-state index contributed by atoms with van der Waals surface area (Å²) in [5.74, 6) is -1.14. The van der Waals surface area contributed by atoms with E-state index < -0.39 is 11.6 Å². The van der Waals surface area contributed by atoms with Gasteiger partial charge in [-0.25, -0.2) is 0 Å². The van der Waals surface area contributed by atoms with Crippen LogP contribution in [0.1, 0.15) is 39.0 Å². The summed E-state index contributed by atoms with van der Waals surface area (Å²) in [6.07, 6.45) is 2.56. The Balaban J connectivity index is 1.55. The van der Waals surface area contributed by atoms with Crippen molar-refractivity contribution in [3.8, 4) is 0 Å². The lowest BCUT2D eigenvalue weighted by atomic mass is 9.83. The fourth-order valence-corrected chi connectivity index (χ4v) is 4.52. The van der Waals surface area contributed by atoms with Gasteiger partial charge in [0.25, 0.3) is 0 Å². The minimum atomic E-state index is -1.16. The molecule has 9 heteroatoms. The SMILES string of the molecule is NC1(CCO)c2cc(C(=O)c3ccc(C=NN4CCOCC4)cc3)ccc2CCN1CC(=O)O. The Morgan fingerprint density at radius 1 is 1.09 bits per heavy atom. The van der Waals surface area contributed by atoms with Gasteiger partial charge in [0.15, 0.2) is 5.78 Å². The van der Waals surface area contributed by atoms with Crippen LogP contribution in [0.15, 0.2) is 47.6 Å². The summed E-state index contributed by atoms with van der Waals surface area (Å²) in [4.78, 5) is 26.2. The molecule has 0 saturated carbocycles. The van der Waals surface area contributed by atoms with Crippen LogP contribution in [0.25, 0.3) is 0 Å². The molecule has 1 unspecified atom stereocenters. The van der Waals surface area contributed by atoms with Gasteiger partial charge in [-0.2, -0.15) is 5.10 Å². The van der Waals surface area contributed by atoms with Crippen molar-refractivity contribution in [2.45, 2.75) is 18.5 Å². The molecule has 0 amide bonds. The molecule has 1 fully saturated rings. The number of hydrogen-bond donors (Lipinski definition) is 3. The summed E-state index contributed by atoms with van der Waals surface area (Å²) in [6.45, 7) is 2.89. The Labute approximate surface area is 198 Å². The molecular formula is C25H30N4O5. The molecule has 1 atom stereocenters. The van der Waals surface area contributed by atoms with Gasteiger partial charge < -0.3 is 20.7 Å². The van der Waals surface area contributed by atoms with Crippen LogP contribution in [0.2, 0.25) is 0 Å². The predicted octanol–water partition coefficient (Wildman–Crippen LogP) is 1.02. The van der Waals surface area contributed by atoms with Gasteiger partial charge in [-0.05, 0) is 29.2 Å². The van der Waals surface area contributed by atoms with Crippen LogP contribution in [0.4, 0.5) is 0 Å². The fraction of sp³-hybridized carbons (Fsp3) is 0.400. The maximum atomic E-state index is 13.2. The zero-order chi connectivity index (χ0) is 24.1. The highest BCUT2D eigenvalue weighted by Gasteiger charge is 2.40. The molecule has 2 aromatic carbocycles. The Morgan fingerprint density at radius 3 is 2.47 bits per heavy atom. The van der Waals surface area contributed by atoms with Crippen LogP contribution in [0.3, 0.4) is 0 Å². The number of carboxylic acid groups (broad SMARTS) is 1. The Bertz CT molecular complexity index is 1070. The minimum Gasteiger partial charge on any atom is -0.480 e. The predicted molar refractivity (Wildman–Crippen MR) is 127 cm³/mol. The summed E-state index contributed by atoms with van der Waals surface area (Å²) in [5.41, 5.74) is 9.05. The maximum absolute atomic E-state index is 13.2. The number of hydrogen-bond acceptors (Lipinski definition) is 8. The third-order valence-corrected chi connectivity index (χ3v) is 6.40. The number of hydrazone groups is 1. The van der Waals surface area contributed by atoms with E-state index >= 15 is 0 Å². The van der Waals surface area contributed by atoms with E-state index in [4.69, 9.17) is 10.5 Å². The molecule has 0 aromatic heterocycles. The number of ether oxygens (including phenoxy) is 1.